The van der Waals surface area contributed by atoms with Gasteiger partial charge in [-0.2, -0.15) is 10.2 Å². The van der Waals surface area contributed by atoms with Gasteiger partial charge in [0.05, 0.1) is 21.9 Å². The summed E-state index contributed by atoms with van der Waals surface area (Å²) < 4.78 is 0.810. The average Bonchev–Trinajstić information content (AvgIpc) is 3.39. The normalized spacial score (nSPS) is 16.7. The van der Waals surface area contributed by atoms with E-state index in [0.29, 0.717) is 17.9 Å². The lowest BCUT2D eigenvalue weighted by molar-refractivity contribution is -0.122. The molecule has 2 aromatic heterocycles. The van der Waals surface area contributed by atoms with E-state index in [1.165, 1.54) is 17.7 Å². The summed E-state index contributed by atoms with van der Waals surface area (Å²) in [6.45, 7) is 4.96. The van der Waals surface area contributed by atoms with E-state index in [4.69, 9.17) is 0 Å². The van der Waals surface area contributed by atoms with Crippen molar-refractivity contribution in [2.75, 3.05) is 11.4 Å². The molecule has 1 saturated heterocycles. The van der Waals surface area contributed by atoms with Crippen LogP contribution in [-0.2, 0) is 16.8 Å². The standard InChI is InChI=1S/C21H22N6OS/c1-21(2,12-22)17-16-18(25-13-24-17)26-20(29-16)27-10-6-9-15(27)19(28)23-11-14-7-4-3-5-8-14/h3-5,7-8,13,15H,6,9-11H2,1-2H3,(H,23,28)/t15-/m1/s1. The van der Waals surface area contributed by atoms with E-state index >= 15 is 0 Å². The van der Waals surface area contributed by atoms with Gasteiger partial charge in [0.15, 0.2) is 10.8 Å². The van der Waals surface area contributed by atoms with Crippen molar-refractivity contribution in [1.82, 2.24) is 20.3 Å². The van der Waals surface area contributed by atoms with Gasteiger partial charge in [-0.05, 0) is 32.3 Å². The zero-order valence-corrected chi connectivity index (χ0v) is 17.2. The molecule has 0 saturated carbocycles. The number of nitrogens with one attached hydrogen (secondary N) is 1. The summed E-state index contributed by atoms with van der Waals surface area (Å²) in [5.74, 6) is 0.00858. The quantitative estimate of drug-likeness (QED) is 0.699. The van der Waals surface area contributed by atoms with Crippen molar-refractivity contribution in [2.24, 2.45) is 0 Å². The van der Waals surface area contributed by atoms with E-state index in [2.05, 4.69) is 31.2 Å². The minimum atomic E-state index is -0.734. The summed E-state index contributed by atoms with van der Waals surface area (Å²) in [7, 11) is 0. The minimum Gasteiger partial charge on any atom is -0.350 e. The first kappa shape index (κ1) is 19.3. The van der Waals surface area contributed by atoms with Crippen LogP contribution >= 0.6 is 11.3 Å². The lowest BCUT2D eigenvalue weighted by Crippen LogP contribution is -2.43. The molecule has 1 aliphatic rings. The number of hydrogen-bond donors (Lipinski definition) is 1. The van der Waals surface area contributed by atoms with Crippen LogP contribution in [0.25, 0.3) is 10.3 Å². The molecule has 29 heavy (non-hydrogen) atoms. The zero-order valence-electron chi connectivity index (χ0n) is 16.4. The molecule has 4 rings (SSSR count). The molecule has 3 aromatic rings. The Hall–Kier alpha value is -3.05. The van der Waals surface area contributed by atoms with Gasteiger partial charge in [0.1, 0.15) is 12.4 Å². The second-order valence-electron chi connectivity index (χ2n) is 7.66. The van der Waals surface area contributed by atoms with Crippen LogP contribution in [-0.4, -0.2) is 33.4 Å². The second-order valence-corrected chi connectivity index (χ2v) is 8.64. The summed E-state index contributed by atoms with van der Waals surface area (Å²) in [5.41, 5.74) is 1.60. The van der Waals surface area contributed by atoms with Crippen LogP contribution in [0.4, 0.5) is 5.13 Å². The van der Waals surface area contributed by atoms with Gasteiger partial charge in [-0.15, -0.1) is 0 Å². The molecule has 0 spiro atoms. The molecule has 0 radical (unpaired) electrons. The molecule has 0 bridgehead atoms. The first-order valence-electron chi connectivity index (χ1n) is 9.61. The summed E-state index contributed by atoms with van der Waals surface area (Å²) in [5, 5.41) is 13.3. The first-order valence-corrected chi connectivity index (χ1v) is 10.4. The Labute approximate surface area is 173 Å². The fourth-order valence-electron chi connectivity index (χ4n) is 3.53. The lowest BCUT2D eigenvalue weighted by atomic mass is 9.91. The number of aromatic nitrogens is 3. The lowest BCUT2D eigenvalue weighted by Gasteiger charge is -2.23. The summed E-state index contributed by atoms with van der Waals surface area (Å²) in [6, 6.07) is 11.9. The monoisotopic (exact) mass is 406 g/mol. The van der Waals surface area contributed by atoms with Crippen LogP contribution < -0.4 is 10.2 Å². The van der Waals surface area contributed by atoms with Crippen molar-refractivity contribution in [1.29, 1.82) is 5.26 Å². The molecular formula is C21H22N6OS. The Morgan fingerprint density at radius 1 is 1.34 bits per heavy atom. The number of amides is 1. The van der Waals surface area contributed by atoms with Crippen molar-refractivity contribution >= 4 is 32.7 Å². The number of rotatable bonds is 5. The highest BCUT2D eigenvalue weighted by Crippen LogP contribution is 2.37. The van der Waals surface area contributed by atoms with E-state index in [0.717, 1.165) is 34.8 Å². The van der Waals surface area contributed by atoms with E-state index in [1.807, 2.05) is 44.2 Å². The zero-order chi connectivity index (χ0) is 20.4. The summed E-state index contributed by atoms with van der Waals surface area (Å²) in [4.78, 5) is 28.2. The third-order valence-electron chi connectivity index (χ3n) is 5.16. The van der Waals surface area contributed by atoms with Crippen LogP contribution in [0, 0.1) is 11.3 Å². The fraction of sp³-hybridized carbons (Fsp3) is 0.381. The van der Waals surface area contributed by atoms with Gasteiger partial charge in [0.25, 0.3) is 0 Å². The molecule has 1 aromatic carbocycles. The Morgan fingerprint density at radius 3 is 2.90 bits per heavy atom. The third kappa shape index (κ3) is 3.78. The number of carbonyl (C=O) groups is 1. The van der Waals surface area contributed by atoms with Gasteiger partial charge >= 0.3 is 0 Å². The van der Waals surface area contributed by atoms with E-state index in [-0.39, 0.29) is 11.9 Å². The molecule has 3 heterocycles. The van der Waals surface area contributed by atoms with Crippen molar-refractivity contribution in [3.05, 3.63) is 47.9 Å². The second kappa shape index (κ2) is 7.76. The van der Waals surface area contributed by atoms with Crippen LogP contribution in [0.1, 0.15) is 37.9 Å². The van der Waals surface area contributed by atoms with E-state index in [9.17, 15) is 10.1 Å². The Bertz CT molecular complexity index is 1070. The number of carbonyl (C=O) groups excluding carboxylic acids is 1. The van der Waals surface area contributed by atoms with Gasteiger partial charge in [0.2, 0.25) is 5.91 Å². The molecule has 0 unspecified atom stereocenters. The Morgan fingerprint density at radius 2 is 2.14 bits per heavy atom. The maximum atomic E-state index is 12.8. The number of anilines is 1. The fourth-order valence-corrected chi connectivity index (χ4v) is 4.78. The van der Waals surface area contributed by atoms with Crippen molar-refractivity contribution in [3.63, 3.8) is 0 Å². The van der Waals surface area contributed by atoms with E-state index in [1.54, 1.807) is 0 Å². The molecule has 1 aliphatic heterocycles. The van der Waals surface area contributed by atoms with Gasteiger partial charge in [0, 0.05) is 13.1 Å². The topological polar surface area (TPSA) is 94.8 Å². The molecule has 1 atom stereocenters. The Kier molecular flexibility index (Phi) is 5.16. The molecule has 1 fully saturated rings. The number of fused-ring (bicyclic) bond motifs is 1. The first-order chi connectivity index (χ1) is 14.0. The number of hydrogen-bond acceptors (Lipinski definition) is 7. The van der Waals surface area contributed by atoms with Crippen molar-refractivity contribution in [2.45, 2.75) is 44.7 Å². The minimum absolute atomic E-state index is 0.00858. The highest BCUT2D eigenvalue weighted by Gasteiger charge is 2.34. The SMILES string of the molecule is CC(C)(C#N)c1ncnc2nc(N3CCC[C@@H]3C(=O)NCc3ccccc3)sc12. The number of nitrogens with zero attached hydrogens (tertiary/aromatic N) is 5. The molecule has 1 amide bonds. The van der Waals surface area contributed by atoms with Crippen LogP contribution in [0.2, 0.25) is 0 Å². The third-order valence-corrected chi connectivity index (χ3v) is 6.25. The summed E-state index contributed by atoms with van der Waals surface area (Å²) in [6.07, 6.45) is 3.18. The highest BCUT2D eigenvalue weighted by atomic mass is 32.1. The summed E-state index contributed by atoms with van der Waals surface area (Å²) >= 11 is 1.46. The largest absolute Gasteiger partial charge is 0.350 e. The molecule has 148 valence electrons. The predicted molar refractivity (Wildman–Crippen MR) is 113 cm³/mol. The van der Waals surface area contributed by atoms with Crippen LogP contribution in [0.3, 0.4) is 0 Å². The predicted octanol–water partition coefficient (Wildman–Crippen LogP) is 3.17. The van der Waals surface area contributed by atoms with E-state index < -0.39 is 5.41 Å². The number of benzene rings is 1. The molecule has 0 aliphatic carbocycles. The van der Waals surface area contributed by atoms with Crippen molar-refractivity contribution in [3.8, 4) is 6.07 Å². The van der Waals surface area contributed by atoms with Gasteiger partial charge in [-0.1, -0.05) is 41.7 Å². The smallest absolute Gasteiger partial charge is 0.243 e. The average molecular weight is 407 g/mol. The van der Waals surface area contributed by atoms with Gasteiger partial charge < -0.3 is 10.2 Å². The van der Waals surface area contributed by atoms with Crippen LogP contribution in [0.15, 0.2) is 36.7 Å². The molecule has 1 N–H and O–H groups in total. The maximum Gasteiger partial charge on any atom is 0.243 e. The molecule has 8 heteroatoms. The van der Waals surface area contributed by atoms with Gasteiger partial charge in [-0.3, -0.25) is 4.79 Å². The Balaban J connectivity index is 1.57. The van der Waals surface area contributed by atoms with Crippen LogP contribution in [0.5, 0.6) is 0 Å². The maximum absolute atomic E-state index is 12.8. The molecule has 7 nitrogen and oxygen atoms in total. The molecular weight excluding hydrogens is 384 g/mol. The van der Waals surface area contributed by atoms with Crippen molar-refractivity contribution < 1.29 is 4.79 Å². The number of nitriles is 1. The number of thiazole rings is 1. The van der Waals surface area contributed by atoms with Gasteiger partial charge in [-0.25, -0.2) is 9.97 Å². The highest BCUT2D eigenvalue weighted by molar-refractivity contribution is 7.22.